The third kappa shape index (κ3) is 11.0. The van der Waals surface area contributed by atoms with Gasteiger partial charge in [0.05, 0.1) is 11.0 Å². The van der Waals surface area contributed by atoms with E-state index in [1.165, 1.54) is 245 Å². The van der Waals surface area contributed by atoms with Crippen molar-refractivity contribution < 1.29 is 0 Å². The molecule has 0 bridgehead atoms. The number of aromatic nitrogens is 1. The fraction of sp³-hybridized carbons (Fsp3) is 0.373. The average molecular weight is 1100 g/mol. The topological polar surface area (TPSA) is 4.93 Å². The van der Waals surface area contributed by atoms with Crippen molar-refractivity contribution in [3.05, 3.63) is 232 Å². The summed E-state index contributed by atoms with van der Waals surface area (Å²) in [6.45, 7) is 15.5. The van der Waals surface area contributed by atoms with E-state index in [0.29, 0.717) is 0 Å². The Kier molecular flexibility index (Phi) is 17.6. The summed E-state index contributed by atoms with van der Waals surface area (Å²) >= 11 is 0. The lowest BCUT2D eigenvalue weighted by Gasteiger charge is -2.34. The van der Waals surface area contributed by atoms with Gasteiger partial charge in [-0.2, -0.15) is 0 Å². The Bertz CT molecular complexity index is 3820. The Morgan fingerprint density at radius 1 is 0.429 bits per heavy atom. The van der Waals surface area contributed by atoms with Crippen LogP contribution in [0.2, 0.25) is 0 Å². The molecule has 3 aliphatic rings. The Hall–Kier alpha value is -6.96. The van der Waals surface area contributed by atoms with Crippen molar-refractivity contribution in [2.45, 2.75) is 200 Å². The number of allylic oxidation sites excluding steroid dienone is 3. The molecule has 8 aromatic carbocycles. The molecule has 0 fully saturated rings. The summed E-state index contributed by atoms with van der Waals surface area (Å²) in [6.07, 6.45) is 36.2. The molecule has 1 heteroatoms. The van der Waals surface area contributed by atoms with Gasteiger partial charge in [-0.15, -0.1) is 0 Å². The van der Waals surface area contributed by atoms with Gasteiger partial charge in [-0.25, -0.2) is 0 Å². The highest BCUT2D eigenvalue weighted by Crippen LogP contribution is 2.59. The van der Waals surface area contributed by atoms with Crippen LogP contribution in [0.3, 0.4) is 0 Å². The summed E-state index contributed by atoms with van der Waals surface area (Å²) < 4.78 is 2.56. The number of rotatable bonds is 28. The van der Waals surface area contributed by atoms with E-state index < -0.39 is 0 Å². The fourth-order valence-electron chi connectivity index (χ4n) is 15.7. The number of nitrogens with zero attached hydrogens (tertiary/aromatic N) is 1. The van der Waals surface area contributed by atoms with Gasteiger partial charge in [0.1, 0.15) is 0 Å². The number of hydrogen-bond donors (Lipinski definition) is 0. The Balaban J connectivity index is 0.983. The third-order valence-corrected chi connectivity index (χ3v) is 20.3. The summed E-state index contributed by atoms with van der Waals surface area (Å²) in [5.41, 5.74) is 29.1. The molecule has 84 heavy (non-hydrogen) atoms. The van der Waals surface area contributed by atoms with Crippen LogP contribution in [0.15, 0.2) is 176 Å². The number of fused-ring (bicyclic) bond motifs is 10. The van der Waals surface area contributed by atoms with Crippen molar-refractivity contribution in [3.8, 4) is 50.2 Å². The van der Waals surface area contributed by atoms with E-state index in [1.54, 1.807) is 11.1 Å². The van der Waals surface area contributed by atoms with Crippen LogP contribution in [0.25, 0.3) is 72.0 Å². The number of benzene rings is 8. The van der Waals surface area contributed by atoms with E-state index in [1.807, 2.05) is 6.08 Å². The van der Waals surface area contributed by atoms with E-state index in [4.69, 9.17) is 0 Å². The molecule has 1 atom stereocenters. The lowest BCUT2D eigenvalue weighted by molar-refractivity contribution is 0.398. The molecule has 1 unspecified atom stereocenters. The maximum absolute atomic E-state index is 4.01. The molecule has 0 N–H and O–H groups in total. The molecule has 0 saturated carbocycles. The van der Waals surface area contributed by atoms with Gasteiger partial charge in [0.25, 0.3) is 0 Å². The zero-order chi connectivity index (χ0) is 57.6. The van der Waals surface area contributed by atoms with Gasteiger partial charge >= 0.3 is 0 Å². The van der Waals surface area contributed by atoms with Crippen molar-refractivity contribution in [2.24, 2.45) is 0 Å². The molecule has 0 aliphatic heterocycles. The number of hydrogen-bond acceptors (Lipinski definition) is 0. The van der Waals surface area contributed by atoms with Gasteiger partial charge in [0.15, 0.2) is 0 Å². The Morgan fingerprint density at radius 2 is 0.929 bits per heavy atom. The van der Waals surface area contributed by atoms with E-state index in [-0.39, 0.29) is 10.8 Å². The smallest absolute Gasteiger partial charge is 0.0547 e. The minimum absolute atomic E-state index is 0.0832. The van der Waals surface area contributed by atoms with Crippen molar-refractivity contribution >= 4 is 21.8 Å². The summed E-state index contributed by atoms with van der Waals surface area (Å²) in [5, 5.41) is 2.65. The van der Waals surface area contributed by atoms with E-state index in [0.717, 1.165) is 25.7 Å². The highest BCUT2D eigenvalue weighted by atomic mass is 15.0. The second-order valence-corrected chi connectivity index (χ2v) is 26.0. The Labute approximate surface area is 505 Å². The van der Waals surface area contributed by atoms with Crippen LogP contribution in [0.4, 0.5) is 0 Å². The van der Waals surface area contributed by atoms with Crippen LogP contribution in [0.1, 0.15) is 211 Å². The molecule has 0 radical (unpaired) electrons. The minimum atomic E-state index is -0.268. The van der Waals surface area contributed by atoms with Crippen LogP contribution in [0, 0.1) is 13.8 Å². The highest BCUT2D eigenvalue weighted by Gasteiger charge is 2.46. The lowest BCUT2D eigenvalue weighted by Crippen LogP contribution is -2.27. The second kappa shape index (κ2) is 25.7. The molecule has 430 valence electrons. The summed E-state index contributed by atoms with van der Waals surface area (Å²) in [5.74, 6) is 0. The predicted octanol–water partition coefficient (Wildman–Crippen LogP) is 24.0. The minimum Gasteiger partial charge on any atom is -0.309 e. The first-order chi connectivity index (χ1) is 41.3. The molecular formula is C83H93N. The quantitative estimate of drug-likeness (QED) is 0.0340. The fourth-order valence-corrected chi connectivity index (χ4v) is 15.7. The summed E-state index contributed by atoms with van der Waals surface area (Å²) in [4.78, 5) is 0. The van der Waals surface area contributed by atoms with Crippen LogP contribution in [0.5, 0.6) is 0 Å². The predicted molar refractivity (Wildman–Crippen MR) is 364 cm³/mol. The standard InChI is InChI=1S/C83H93N/c1-7-11-15-19-22-25-49-82(50-26-23-20-16-12-8-2)76-55-64(66-38-47-73-72-43-29-59(5)52-78(72)83(79(73)57-66,51-27-21-17-13-9-3)68-40-31-61(32-41-68)28-24-18-14-10-4)36-45-70(76)71-46-37-65(56-77(71)82)67-39-48-75-74-44-30-60(6)53-80(74)84(81(75)58-67)69-42-35-62-33-34-63(62)54-69/h9,13,17,29-32,35-48,52-58H,3,7-8,10-12,14-16,18-28,33-34,49-51H2,1-2,4-6H3/b17-13-. The number of unbranched alkanes of at least 4 members (excludes halogenated alkanes) is 14. The largest absolute Gasteiger partial charge is 0.309 e. The van der Waals surface area contributed by atoms with E-state index >= 15 is 0 Å². The first-order valence-corrected chi connectivity index (χ1v) is 33.4. The van der Waals surface area contributed by atoms with Crippen LogP contribution in [-0.2, 0) is 30.1 Å². The van der Waals surface area contributed by atoms with Gasteiger partial charge < -0.3 is 4.57 Å². The SMILES string of the molecule is C=C/C=C\CCCC1(c2ccc(CCCCCC)cc2)c2cc(C)ccc2-c2ccc(-c3ccc4c(c3)C(CCCCCCCC)(CCCCCCCC)c3cc(-c5ccc6c7ccc(C)cc7n(-c7ccc8c(c7)CC8)c6c5)ccc3-4)cc21. The average Bonchev–Trinajstić information content (AvgIpc) is 1.65. The Morgan fingerprint density at radius 3 is 1.54 bits per heavy atom. The highest BCUT2D eigenvalue weighted by molar-refractivity contribution is 6.10. The van der Waals surface area contributed by atoms with Crippen LogP contribution in [-0.4, -0.2) is 4.57 Å². The lowest BCUT2D eigenvalue weighted by atomic mass is 9.68. The van der Waals surface area contributed by atoms with Crippen molar-refractivity contribution in [3.63, 3.8) is 0 Å². The maximum Gasteiger partial charge on any atom is 0.0547 e. The maximum atomic E-state index is 4.01. The second-order valence-electron chi connectivity index (χ2n) is 26.0. The molecular weight excluding hydrogens is 1010 g/mol. The molecule has 0 saturated heterocycles. The van der Waals surface area contributed by atoms with Crippen molar-refractivity contribution in [1.29, 1.82) is 0 Å². The van der Waals surface area contributed by atoms with Gasteiger partial charge in [-0.3, -0.25) is 0 Å². The summed E-state index contributed by atoms with van der Waals surface area (Å²) in [7, 11) is 0. The van der Waals surface area contributed by atoms with Crippen LogP contribution < -0.4 is 0 Å². The zero-order valence-electron chi connectivity index (χ0n) is 51.8. The molecule has 1 nitrogen and oxygen atoms in total. The van der Waals surface area contributed by atoms with Gasteiger partial charge in [-0.1, -0.05) is 257 Å². The molecule has 0 spiro atoms. The van der Waals surface area contributed by atoms with Crippen molar-refractivity contribution in [1.82, 2.24) is 4.57 Å². The van der Waals surface area contributed by atoms with Crippen LogP contribution >= 0.6 is 0 Å². The molecule has 9 aromatic rings. The number of aryl methyl sites for hydroxylation is 5. The molecule has 1 heterocycles. The first kappa shape index (κ1) is 57.5. The summed E-state index contributed by atoms with van der Waals surface area (Å²) in [6, 6.07) is 61.8. The molecule has 1 aromatic heterocycles. The van der Waals surface area contributed by atoms with E-state index in [2.05, 4.69) is 210 Å². The van der Waals surface area contributed by atoms with E-state index in [9.17, 15) is 0 Å². The zero-order valence-corrected chi connectivity index (χ0v) is 51.8. The van der Waals surface area contributed by atoms with Gasteiger partial charge in [-0.05, 0) is 209 Å². The third-order valence-electron chi connectivity index (χ3n) is 20.3. The van der Waals surface area contributed by atoms with Crippen molar-refractivity contribution in [2.75, 3.05) is 0 Å². The van der Waals surface area contributed by atoms with Gasteiger partial charge in [0.2, 0.25) is 0 Å². The molecule has 0 amide bonds. The monoisotopic (exact) mass is 1100 g/mol. The van der Waals surface area contributed by atoms with Gasteiger partial charge in [0, 0.05) is 27.3 Å². The molecule has 3 aliphatic carbocycles. The molecule has 12 rings (SSSR count). The first-order valence-electron chi connectivity index (χ1n) is 33.4. The normalized spacial score (nSPS) is 15.3.